The number of imide groups is 1. The van der Waals surface area contributed by atoms with Gasteiger partial charge in [0.2, 0.25) is 5.91 Å². The van der Waals surface area contributed by atoms with Gasteiger partial charge in [0.15, 0.2) is 0 Å². The predicted molar refractivity (Wildman–Crippen MR) is 82.9 cm³/mol. The minimum atomic E-state index is -4.38. The average molecular weight is 341 g/mol. The molecule has 10 heteroatoms. The Morgan fingerprint density at radius 2 is 1.87 bits per heavy atom. The summed E-state index contributed by atoms with van der Waals surface area (Å²) in [4.78, 5) is 41.6. The van der Waals surface area contributed by atoms with E-state index in [4.69, 9.17) is 9.79 Å². The Balaban J connectivity index is 0.000000230. The number of fused-ring (bicyclic) bond motifs is 1. The Labute approximate surface area is 131 Å². The van der Waals surface area contributed by atoms with Crippen LogP contribution >= 0.6 is 7.60 Å². The molecule has 0 atom stereocenters. The van der Waals surface area contributed by atoms with E-state index < -0.39 is 25.7 Å². The van der Waals surface area contributed by atoms with Gasteiger partial charge in [-0.2, -0.15) is 0 Å². The Morgan fingerprint density at radius 3 is 2.43 bits per heavy atom. The van der Waals surface area contributed by atoms with Crippen LogP contribution in [-0.4, -0.2) is 45.0 Å². The fraction of sp³-hybridized carbons (Fsp3) is 0.154. The van der Waals surface area contributed by atoms with Crippen LogP contribution in [0.3, 0.4) is 0 Å². The quantitative estimate of drug-likeness (QED) is 0.501. The number of urea groups is 1. The number of phenols is 1. The molecule has 0 aliphatic rings. The lowest BCUT2D eigenvalue weighted by Crippen LogP contribution is -2.38. The van der Waals surface area contributed by atoms with Gasteiger partial charge in [0.25, 0.3) is 0 Å². The first-order valence-electron chi connectivity index (χ1n) is 6.32. The van der Waals surface area contributed by atoms with Crippen molar-refractivity contribution in [1.29, 1.82) is 0 Å². The van der Waals surface area contributed by atoms with Gasteiger partial charge in [-0.25, -0.2) is 4.79 Å². The van der Waals surface area contributed by atoms with Crippen LogP contribution < -0.4 is 10.6 Å². The van der Waals surface area contributed by atoms with E-state index in [0.29, 0.717) is 5.52 Å². The van der Waals surface area contributed by atoms with Crippen LogP contribution in [0.2, 0.25) is 0 Å². The highest BCUT2D eigenvalue weighted by atomic mass is 31.2. The zero-order chi connectivity index (χ0) is 17.5. The van der Waals surface area contributed by atoms with E-state index in [1.807, 2.05) is 18.2 Å². The average Bonchev–Trinajstić information content (AvgIpc) is 2.46. The lowest BCUT2D eigenvalue weighted by Gasteiger charge is -2.03. The van der Waals surface area contributed by atoms with Crippen LogP contribution in [-0.2, 0) is 9.36 Å². The number of pyridine rings is 1. The zero-order valence-corrected chi connectivity index (χ0v) is 13.0. The van der Waals surface area contributed by atoms with Crippen molar-refractivity contribution in [3.05, 3.63) is 36.5 Å². The number of amides is 3. The van der Waals surface area contributed by atoms with Gasteiger partial charge in [-0.1, -0.05) is 18.2 Å². The molecule has 3 amide bonds. The summed E-state index contributed by atoms with van der Waals surface area (Å²) in [5, 5.41) is 14.0. The molecule has 0 saturated heterocycles. The molecule has 0 saturated carbocycles. The van der Waals surface area contributed by atoms with E-state index in [-0.39, 0.29) is 5.75 Å². The number of carbonyl (C=O) groups is 2. The number of phenolic OH excluding ortho intramolecular Hbond substituents is 1. The number of aromatic hydroxyl groups is 1. The van der Waals surface area contributed by atoms with Crippen LogP contribution in [0.4, 0.5) is 4.79 Å². The van der Waals surface area contributed by atoms with Gasteiger partial charge in [0.1, 0.15) is 17.4 Å². The molecule has 0 unspecified atom stereocenters. The molecular weight excluding hydrogens is 325 g/mol. The van der Waals surface area contributed by atoms with Crippen LogP contribution in [0.15, 0.2) is 36.5 Å². The Kier molecular flexibility index (Phi) is 6.65. The highest BCUT2D eigenvalue weighted by molar-refractivity contribution is 7.52. The standard InChI is InChI=1S/C9H7NO.C4H9N2O5P/c11-8-5-1-3-7-4-2-6-10-9(7)8;1-5-4(8)6-3(7)2-12(9,10)11/h1-6,11H;2H2,1H3,(H2,9,10,11)(H2,5,6,7,8). The number of nitrogens with one attached hydrogen (secondary N) is 2. The van der Waals surface area contributed by atoms with Crippen molar-refractivity contribution < 1.29 is 29.0 Å². The van der Waals surface area contributed by atoms with Crippen molar-refractivity contribution in [3.8, 4) is 5.75 Å². The second-order valence-electron chi connectivity index (χ2n) is 4.30. The largest absolute Gasteiger partial charge is 0.506 e. The van der Waals surface area contributed by atoms with E-state index in [1.54, 1.807) is 23.6 Å². The number of para-hydroxylation sites is 1. The summed E-state index contributed by atoms with van der Waals surface area (Å²) >= 11 is 0. The van der Waals surface area contributed by atoms with E-state index in [2.05, 4.69) is 10.3 Å². The molecule has 2 aromatic rings. The number of hydrogen-bond acceptors (Lipinski definition) is 5. The molecule has 0 spiro atoms. The molecule has 1 aromatic carbocycles. The SMILES string of the molecule is CNC(=O)NC(=O)CP(=O)(O)O.Oc1cccc2cccnc12. The fourth-order valence-electron chi connectivity index (χ4n) is 1.50. The molecule has 2 rings (SSSR count). The summed E-state index contributed by atoms with van der Waals surface area (Å²) in [6, 6.07) is 8.33. The molecule has 0 aliphatic carbocycles. The number of aromatic nitrogens is 1. The van der Waals surface area contributed by atoms with Gasteiger partial charge in [-0.05, 0) is 12.1 Å². The maximum Gasteiger partial charge on any atom is 0.334 e. The van der Waals surface area contributed by atoms with Crippen LogP contribution in [0, 0.1) is 0 Å². The summed E-state index contributed by atoms with van der Waals surface area (Å²) in [5.41, 5.74) is 0.662. The van der Waals surface area contributed by atoms with Crippen molar-refractivity contribution >= 4 is 30.4 Å². The first kappa shape index (κ1) is 18.6. The number of hydrogen-bond donors (Lipinski definition) is 5. The van der Waals surface area contributed by atoms with E-state index in [1.165, 1.54) is 7.05 Å². The molecule has 1 heterocycles. The molecule has 0 fully saturated rings. The number of carbonyl (C=O) groups excluding carboxylic acids is 2. The third kappa shape index (κ3) is 6.88. The Hall–Kier alpha value is -2.48. The van der Waals surface area contributed by atoms with Crippen molar-refractivity contribution in [2.45, 2.75) is 0 Å². The Morgan fingerprint density at radius 1 is 1.22 bits per heavy atom. The summed E-state index contributed by atoms with van der Waals surface area (Å²) in [6.45, 7) is 0. The highest BCUT2D eigenvalue weighted by Gasteiger charge is 2.19. The monoisotopic (exact) mass is 341 g/mol. The van der Waals surface area contributed by atoms with Crippen LogP contribution in [0.25, 0.3) is 10.9 Å². The van der Waals surface area contributed by atoms with Gasteiger partial charge in [-0.15, -0.1) is 0 Å². The van der Waals surface area contributed by atoms with E-state index in [0.717, 1.165) is 5.39 Å². The molecule has 0 bridgehead atoms. The second kappa shape index (κ2) is 8.23. The van der Waals surface area contributed by atoms with Gasteiger partial charge in [-0.3, -0.25) is 19.7 Å². The summed E-state index contributed by atoms with van der Waals surface area (Å²) in [6.07, 6.45) is 0.683. The fourth-order valence-corrected chi connectivity index (χ4v) is 1.96. The minimum Gasteiger partial charge on any atom is -0.506 e. The van der Waals surface area contributed by atoms with Crippen LogP contribution in [0.5, 0.6) is 5.75 Å². The van der Waals surface area contributed by atoms with Crippen molar-refractivity contribution in [3.63, 3.8) is 0 Å². The van der Waals surface area contributed by atoms with Gasteiger partial charge in [0.05, 0.1) is 0 Å². The lowest BCUT2D eigenvalue weighted by atomic mass is 10.2. The summed E-state index contributed by atoms with van der Waals surface area (Å²) in [7, 11) is -3.10. The minimum absolute atomic E-state index is 0.239. The molecule has 23 heavy (non-hydrogen) atoms. The summed E-state index contributed by atoms with van der Waals surface area (Å²) in [5.74, 6) is -0.772. The molecular formula is C13H16N3O6P. The maximum absolute atomic E-state index is 10.6. The number of rotatable bonds is 2. The van der Waals surface area contributed by atoms with E-state index in [9.17, 15) is 19.3 Å². The normalized spacial score (nSPS) is 10.4. The number of benzene rings is 1. The van der Waals surface area contributed by atoms with Crippen LogP contribution in [0.1, 0.15) is 0 Å². The zero-order valence-electron chi connectivity index (χ0n) is 12.1. The molecule has 5 N–H and O–H groups in total. The molecule has 9 nitrogen and oxygen atoms in total. The van der Waals surface area contributed by atoms with Gasteiger partial charge in [0, 0.05) is 18.6 Å². The van der Waals surface area contributed by atoms with Crippen molar-refractivity contribution in [2.75, 3.05) is 13.2 Å². The van der Waals surface area contributed by atoms with Crippen molar-refractivity contribution in [2.24, 2.45) is 0 Å². The first-order chi connectivity index (χ1) is 10.7. The van der Waals surface area contributed by atoms with E-state index >= 15 is 0 Å². The van der Waals surface area contributed by atoms with Crippen molar-refractivity contribution in [1.82, 2.24) is 15.6 Å². The molecule has 124 valence electrons. The lowest BCUT2D eigenvalue weighted by molar-refractivity contribution is -0.117. The smallest absolute Gasteiger partial charge is 0.334 e. The predicted octanol–water partition coefficient (Wildman–Crippen LogP) is 0.560. The molecule has 1 aromatic heterocycles. The van der Waals surface area contributed by atoms with Gasteiger partial charge >= 0.3 is 13.6 Å². The Bertz CT molecular complexity index is 740. The third-order valence-corrected chi connectivity index (χ3v) is 3.14. The topological polar surface area (TPSA) is 149 Å². The second-order valence-corrected chi connectivity index (χ2v) is 5.95. The molecule has 0 aliphatic heterocycles. The summed E-state index contributed by atoms with van der Waals surface area (Å²) < 4.78 is 10.2. The highest BCUT2D eigenvalue weighted by Crippen LogP contribution is 2.33. The number of nitrogens with zero attached hydrogens (tertiary/aromatic N) is 1. The third-order valence-electron chi connectivity index (χ3n) is 2.44. The molecule has 0 radical (unpaired) electrons. The van der Waals surface area contributed by atoms with Gasteiger partial charge < -0.3 is 20.2 Å². The maximum atomic E-state index is 10.6. The first-order valence-corrected chi connectivity index (χ1v) is 8.11.